The van der Waals surface area contributed by atoms with Gasteiger partial charge in [0.05, 0.1) is 14.2 Å². The number of methoxy groups -OCH3 is 2. The minimum atomic E-state index is -0.863. The van der Waals surface area contributed by atoms with Gasteiger partial charge < -0.3 is 30.3 Å². The molecule has 1 saturated heterocycles. The molecule has 9 nitrogen and oxygen atoms in total. The van der Waals surface area contributed by atoms with Crippen LogP contribution < -0.4 is 20.7 Å². The van der Waals surface area contributed by atoms with Crippen LogP contribution in [0.2, 0.25) is 0 Å². The number of rotatable bonds is 7. The number of carbonyl (C=O) groups excluding carboxylic acids is 3. The molecule has 1 aliphatic rings. The maximum Gasteiger partial charge on any atom is 0.328 e. The van der Waals surface area contributed by atoms with Crippen molar-refractivity contribution in [1.82, 2.24) is 20.9 Å². The molecule has 0 bridgehead atoms. The lowest BCUT2D eigenvalue weighted by atomic mass is 10.0. The Labute approximate surface area is 171 Å². The van der Waals surface area contributed by atoms with Crippen LogP contribution in [0.5, 0.6) is 5.75 Å². The number of nitrogens with zero attached hydrogens (tertiary/aromatic N) is 1. The van der Waals surface area contributed by atoms with Crippen molar-refractivity contribution in [2.45, 2.75) is 38.4 Å². The zero-order valence-electron chi connectivity index (χ0n) is 17.4. The van der Waals surface area contributed by atoms with Crippen molar-refractivity contribution in [1.29, 1.82) is 0 Å². The molecule has 0 saturated carbocycles. The molecule has 3 amide bonds. The first-order valence-electron chi connectivity index (χ1n) is 9.64. The van der Waals surface area contributed by atoms with E-state index < -0.39 is 24.0 Å². The van der Waals surface area contributed by atoms with Gasteiger partial charge in [-0.1, -0.05) is 12.1 Å². The van der Waals surface area contributed by atoms with E-state index >= 15 is 0 Å². The molecular weight excluding hydrogens is 376 g/mol. The van der Waals surface area contributed by atoms with Gasteiger partial charge in [0.2, 0.25) is 5.91 Å². The number of ether oxygens (including phenoxy) is 2. The molecule has 0 spiro atoms. The van der Waals surface area contributed by atoms with E-state index in [1.54, 1.807) is 19.2 Å². The largest absolute Gasteiger partial charge is 0.497 e. The Bertz CT molecular complexity index is 707. The van der Waals surface area contributed by atoms with E-state index in [9.17, 15) is 14.4 Å². The first-order chi connectivity index (χ1) is 13.8. The van der Waals surface area contributed by atoms with Crippen molar-refractivity contribution in [2.75, 3.05) is 33.9 Å². The highest BCUT2D eigenvalue weighted by Crippen LogP contribution is 2.14. The summed E-state index contributed by atoms with van der Waals surface area (Å²) in [5, 5.41) is 8.68. The van der Waals surface area contributed by atoms with Gasteiger partial charge in [0.15, 0.2) is 0 Å². The van der Waals surface area contributed by atoms with Crippen LogP contribution in [0.3, 0.4) is 0 Å². The van der Waals surface area contributed by atoms with E-state index in [1.165, 1.54) is 12.0 Å². The van der Waals surface area contributed by atoms with Crippen molar-refractivity contribution in [2.24, 2.45) is 0 Å². The summed E-state index contributed by atoms with van der Waals surface area (Å²) in [6.07, 6.45) is 0.265. The number of urea groups is 1. The fourth-order valence-corrected chi connectivity index (χ4v) is 3.11. The van der Waals surface area contributed by atoms with Crippen molar-refractivity contribution >= 4 is 17.9 Å². The van der Waals surface area contributed by atoms with Crippen LogP contribution in [0.15, 0.2) is 24.3 Å². The third kappa shape index (κ3) is 6.35. The maximum absolute atomic E-state index is 12.9. The highest BCUT2D eigenvalue weighted by atomic mass is 16.5. The molecule has 0 aliphatic carbocycles. The highest BCUT2D eigenvalue weighted by Gasteiger charge is 2.34. The number of hydrogen-bond acceptors (Lipinski definition) is 6. The second kappa shape index (κ2) is 10.7. The lowest BCUT2D eigenvalue weighted by Crippen LogP contribution is -2.63. The number of piperazine rings is 1. The molecule has 0 radical (unpaired) electrons. The maximum atomic E-state index is 12.9. The van der Waals surface area contributed by atoms with Gasteiger partial charge in [0.25, 0.3) is 0 Å². The first-order valence-corrected chi connectivity index (χ1v) is 9.64. The molecule has 2 atom stereocenters. The second-order valence-electron chi connectivity index (χ2n) is 7.15. The molecule has 29 heavy (non-hydrogen) atoms. The number of esters is 1. The second-order valence-corrected chi connectivity index (χ2v) is 7.15. The van der Waals surface area contributed by atoms with Crippen LogP contribution in [0.1, 0.15) is 19.4 Å². The first kappa shape index (κ1) is 22.5. The minimum Gasteiger partial charge on any atom is -0.497 e. The summed E-state index contributed by atoms with van der Waals surface area (Å²) in [5.41, 5.74) is 0.845. The summed E-state index contributed by atoms with van der Waals surface area (Å²) in [6, 6.07) is 5.30. The van der Waals surface area contributed by atoms with E-state index in [-0.39, 0.29) is 18.5 Å². The van der Waals surface area contributed by atoms with Crippen molar-refractivity contribution in [3.63, 3.8) is 0 Å². The number of nitrogens with one attached hydrogen (secondary N) is 3. The fourth-order valence-electron chi connectivity index (χ4n) is 3.11. The molecule has 1 aliphatic heterocycles. The quantitative estimate of drug-likeness (QED) is 0.562. The summed E-state index contributed by atoms with van der Waals surface area (Å²) in [4.78, 5) is 39.1. The predicted molar refractivity (Wildman–Crippen MR) is 108 cm³/mol. The normalized spacial score (nSPS) is 17.4. The van der Waals surface area contributed by atoms with Gasteiger partial charge >= 0.3 is 12.0 Å². The Morgan fingerprint density at radius 2 is 1.86 bits per heavy atom. The van der Waals surface area contributed by atoms with Crippen molar-refractivity contribution in [3.05, 3.63) is 29.8 Å². The van der Waals surface area contributed by atoms with E-state index in [1.807, 2.05) is 26.0 Å². The lowest BCUT2D eigenvalue weighted by molar-refractivity contribution is -0.145. The molecule has 0 aromatic heterocycles. The number of carbonyl (C=O) groups is 3. The van der Waals surface area contributed by atoms with Crippen LogP contribution in [0, 0.1) is 0 Å². The molecule has 0 unspecified atom stereocenters. The van der Waals surface area contributed by atoms with Crippen LogP contribution in [-0.4, -0.2) is 74.8 Å². The van der Waals surface area contributed by atoms with Gasteiger partial charge in [-0.3, -0.25) is 4.79 Å². The molecule has 3 N–H and O–H groups in total. The zero-order valence-corrected chi connectivity index (χ0v) is 17.4. The van der Waals surface area contributed by atoms with Crippen LogP contribution in [0.25, 0.3) is 0 Å². The van der Waals surface area contributed by atoms with E-state index in [4.69, 9.17) is 9.47 Å². The lowest BCUT2D eigenvalue weighted by Gasteiger charge is -2.36. The molecule has 1 fully saturated rings. The minimum absolute atomic E-state index is 0.0426. The van der Waals surface area contributed by atoms with E-state index in [2.05, 4.69) is 16.0 Å². The van der Waals surface area contributed by atoms with E-state index in [0.29, 0.717) is 25.4 Å². The summed E-state index contributed by atoms with van der Waals surface area (Å²) >= 11 is 0. The van der Waals surface area contributed by atoms with Gasteiger partial charge in [0, 0.05) is 32.1 Å². The summed E-state index contributed by atoms with van der Waals surface area (Å²) < 4.78 is 9.99. The van der Waals surface area contributed by atoms with Crippen molar-refractivity contribution < 1.29 is 23.9 Å². The Morgan fingerprint density at radius 3 is 2.45 bits per heavy atom. The average molecular weight is 406 g/mol. The number of amides is 3. The van der Waals surface area contributed by atoms with Gasteiger partial charge in [-0.25, -0.2) is 9.59 Å². The molecule has 1 aromatic rings. The molecule has 1 heterocycles. The molecule has 160 valence electrons. The fraction of sp³-hybridized carbons (Fsp3) is 0.550. The summed E-state index contributed by atoms with van der Waals surface area (Å²) in [7, 11) is 2.85. The van der Waals surface area contributed by atoms with Crippen LogP contribution in [0.4, 0.5) is 4.79 Å². The zero-order chi connectivity index (χ0) is 21.4. The molecular formula is C20H30N4O5. The third-order valence-corrected chi connectivity index (χ3v) is 4.62. The standard InChI is InChI=1S/C20H30N4O5/c1-13(2)22-20(27)24-10-9-21-12-17(24)18(25)23-16(19(26)29-4)11-14-5-7-15(28-3)8-6-14/h5-8,13,16-17,21H,9-12H2,1-4H3,(H,22,27)(H,23,25)/t16-,17-/m0/s1. The highest BCUT2D eigenvalue weighted by molar-refractivity contribution is 5.91. The van der Waals surface area contributed by atoms with Crippen LogP contribution >= 0.6 is 0 Å². The topological polar surface area (TPSA) is 109 Å². The SMILES string of the molecule is COC(=O)[C@H](Cc1ccc(OC)cc1)NC(=O)[C@@H]1CNCCN1C(=O)NC(C)C. The predicted octanol–water partition coefficient (Wildman–Crippen LogP) is 0.287. The Hall–Kier alpha value is -2.81. The van der Waals surface area contributed by atoms with Gasteiger partial charge in [0.1, 0.15) is 17.8 Å². The monoisotopic (exact) mass is 406 g/mol. The van der Waals surface area contributed by atoms with Gasteiger partial charge in [-0.05, 0) is 31.5 Å². The molecule has 2 rings (SSSR count). The van der Waals surface area contributed by atoms with Gasteiger partial charge in [-0.15, -0.1) is 0 Å². The van der Waals surface area contributed by atoms with Crippen LogP contribution in [-0.2, 0) is 20.7 Å². The molecule has 9 heteroatoms. The Kier molecular flexibility index (Phi) is 8.26. The van der Waals surface area contributed by atoms with E-state index in [0.717, 1.165) is 5.56 Å². The Balaban J connectivity index is 2.10. The summed E-state index contributed by atoms with van der Waals surface area (Å²) in [5.74, 6) is -0.247. The number of hydrogen-bond donors (Lipinski definition) is 3. The van der Waals surface area contributed by atoms with Crippen molar-refractivity contribution in [3.8, 4) is 5.75 Å². The third-order valence-electron chi connectivity index (χ3n) is 4.62. The average Bonchev–Trinajstić information content (AvgIpc) is 2.72. The smallest absolute Gasteiger partial charge is 0.328 e. The molecule has 1 aromatic carbocycles. The Morgan fingerprint density at radius 1 is 1.17 bits per heavy atom. The number of benzene rings is 1. The van der Waals surface area contributed by atoms with Gasteiger partial charge in [-0.2, -0.15) is 0 Å². The summed E-state index contributed by atoms with van der Waals surface area (Å²) in [6.45, 7) is 5.03.